The molecular formula is C16H27N3O2. The zero-order valence-corrected chi connectivity index (χ0v) is 13.3. The highest BCUT2D eigenvalue weighted by Gasteiger charge is 1.97. The molecule has 0 saturated carbocycles. The molecular weight excluding hydrogens is 266 g/mol. The molecule has 0 heterocycles. The molecule has 1 rings (SSSR count). The lowest BCUT2D eigenvalue weighted by Gasteiger charge is -2.11. The van der Waals surface area contributed by atoms with Crippen molar-refractivity contribution in [2.24, 2.45) is 4.99 Å². The molecule has 1 aromatic carbocycles. The maximum Gasteiger partial charge on any atom is 0.191 e. The molecule has 0 radical (unpaired) electrons. The molecule has 118 valence electrons. The average molecular weight is 293 g/mol. The van der Waals surface area contributed by atoms with E-state index < -0.39 is 0 Å². The van der Waals surface area contributed by atoms with Gasteiger partial charge in [-0.2, -0.15) is 0 Å². The summed E-state index contributed by atoms with van der Waals surface area (Å²) >= 11 is 0. The minimum absolute atomic E-state index is 0.673. The van der Waals surface area contributed by atoms with E-state index in [0.29, 0.717) is 6.61 Å². The van der Waals surface area contributed by atoms with E-state index in [1.54, 1.807) is 7.11 Å². The summed E-state index contributed by atoms with van der Waals surface area (Å²) in [5, 5.41) is 6.52. The molecule has 5 nitrogen and oxygen atoms in total. The van der Waals surface area contributed by atoms with Gasteiger partial charge in [0.25, 0.3) is 0 Å². The van der Waals surface area contributed by atoms with Crippen molar-refractivity contribution in [3.8, 4) is 11.5 Å². The fourth-order valence-corrected chi connectivity index (χ4v) is 1.71. The minimum atomic E-state index is 0.673. The van der Waals surface area contributed by atoms with Crippen LogP contribution in [0.4, 0.5) is 0 Å². The maximum atomic E-state index is 5.67. The lowest BCUT2D eigenvalue weighted by Crippen LogP contribution is -2.38. The highest BCUT2D eigenvalue weighted by Crippen LogP contribution is 2.16. The minimum Gasteiger partial charge on any atom is -0.497 e. The van der Waals surface area contributed by atoms with E-state index in [0.717, 1.165) is 49.9 Å². The van der Waals surface area contributed by atoms with Crippen molar-refractivity contribution in [3.63, 3.8) is 0 Å². The van der Waals surface area contributed by atoms with Gasteiger partial charge in [-0.15, -0.1) is 0 Å². The van der Waals surface area contributed by atoms with Crippen molar-refractivity contribution in [3.05, 3.63) is 24.3 Å². The number of aliphatic imine (C=N–C) groups is 1. The van der Waals surface area contributed by atoms with Crippen LogP contribution in [0.2, 0.25) is 0 Å². The third-order valence-corrected chi connectivity index (χ3v) is 2.78. The zero-order chi connectivity index (χ0) is 15.3. The van der Waals surface area contributed by atoms with Crippen LogP contribution in [0.25, 0.3) is 0 Å². The first-order valence-electron chi connectivity index (χ1n) is 7.59. The summed E-state index contributed by atoms with van der Waals surface area (Å²) in [6, 6.07) is 7.63. The van der Waals surface area contributed by atoms with Gasteiger partial charge in [0.15, 0.2) is 5.96 Å². The van der Waals surface area contributed by atoms with E-state index >= 15 is 0 Å². The van der Waals surface area contributed by atoms with Gasteiger partial charge >= 0.3 is 0 Å². The summed E-state index contributed by atoms with van der Waals surface area (Å²) in [6.45, 7) is 7.42. The maximum absolute atomic E-state index is 5.67. The lowest BCUT2D eigenvalue weighted by molar-refractivity contribution is 0.310. The zero-order valence-electron chi connectivity index (χ0n) is 13.3. The van der Waals surface area contributed by atoms with Gasteiger partial charge in [-0.25, -0.2) is 0 Å². The van der Waals surface area contributed by atoms with Crippen molar-refractivity contribution in [2.45, 2.75) is 26.7 Å². The third-order valence-electron chi connectivity index (χ3n) is 2.78. The highest BCUT2D eigenvalue weighted by atomic mass is 16.5. The van der Waals surface area contributed by atoms with Gasteiger partial charge in [-0.1, -0.05) is 6.92 Å². The van der Waals surface area contributed by atoms with Gasteiger partial charge in [-0.05, 0) is 44.0 Å². The Labute approximate surface area is 127 Å². The monoisotopic (exact) mass is 293 g/mol. The Kier molecular flexibility index (Phi) is 8.84. The van der Waals surface area contributed by atoms with Crippen LogP contribution in [0, 0.1) is 0 Å². The fraction of sp³-hybridized carbons (Fsp3) is 0.562. The van der Waals surface area contributed by atoms with Crippen LogP contribution in [0.3, 0.4) is 0 Å². The molecule has 2 N–H and O–H groups in total. The first kappa shape index (κ1) is 17.1. The van der Waals surface area contributed by atoms with Gasteiger partial charge < -0.3 is 20.1 Å². The molecule has 0 aliphatic carbocycles. The van der Waals surface area contributed by atoms with E-state index in [1.807, 2.05) is 24.3 Å². The van der Waals surface area contributed by atoms with E-state index in [4.69, 9.17) is 9.47 Å². The molecule has 0 bridgehead atoms. The lowest BCUT2D eigenvalue weighted by atomic mass is 10.3. The van der Waals surface area contributed by atoms with Crippen LogP contribution in [0.1, 0.15) is 26.7 Å². The van der Waals surface area contributed by atoms with E-state index in [9.17, 15) is 0 Å². The van der Waals surface area contributed by atoms with Crippen molar-refractivity contribution >= 4 is 5.96 Å². The van der Waals surface area contributed by atoms with Crippen LogP contribution in [-0.2, 0) is 0 Å². The average Bonchev–Trinajstić information content (AvgIpc) is 2.52. The second-order valence-electron chi connectivity index (χ2n) is 4.56. The van der Waals surface area contributed by atoms with Crippen LogP contribution >= 0.6 is 0 Å². The number of rotatable bonds is 9. The number of nitrogens with one attached hydrogen (secondary N) is 2. The summed E-state index contributed by atoms with van der Waals surface area (Å²) in [7, 11) is 1.66. The molecule has 0 aromatic heterocycles. The predicted octanol–water partition coefficient (Wildman–Crippen LogP) is 2.43. The number of hydrogen-bond donors (Lipinski definition) is 2. The summed E-state index contributed by atoms with van der Waals surface area (Å²) in [5.41, 5.74) is 0. The topological polar surface area (TPSA) is 54.9 Å². The Bertz CT molecular complexity index is 404. The Morgan fingerprint density at radius 1 is 1.10 bits per heavy atom. The predicted molar refractivity (Wildman–Crippen MR) is 87.4 cm³/mol. The quantitative estimate of drug-likeness (QED) is 0.417. The number of methoxy groups -OCH3 is 1. The van der Waals surface area contributed by atoms with Crippen molar-refractivity contribution < 1.29 is 9.47 Å². The summed E-state index contributed by atoms with van der Waals surface area (Å²) < 4.78 is 10.8. The van der Waals surface area contributed by atoms with Crippen molar-refractivity contribution in [1.29, 1.82) is 0 Å². The summed E-state index contributed by atoms with van der Waals surface area (Å²) in [4.78, 5) is 4.45. The third kappa shape index (κ3) is 7.44. The van der Waals surface area contributed by atoms with Gasteiger partial charge in [-0.3, -0.25) is 4.99 Å². The van der Waals surface area contributed by atoms with E-state index in [2.05, 4.69) is 29.5 Å². The molecule has 21 heavy (non-hydrogen) atoms. The molecule has 0 fully saturated rings. The Morgan fingerprint density at radius 2 is 1.81 bits per heavy atom. The van der Waals surface area contributed by atoms with Gasteiger partial charge in [0.1, 0.15) is 11.5 Å². The number of guanidine groups is 1. The number of ether oxygens (including phenoxy) is 2. The normalized spacial score (nSPS) is 11.1. The summed E-state index contributed by atoms with van der Waals surface area (Å²) in [6.07, 6.45) is 1.97. The molecule has 0 aliphatic rings. The summed E-state index contributed by atoms with van der Waals surface area (Å²) in [5.74, 6) is 2.58. The largest absolute Gasteiger partial charge is 0.497 e. The second kappa shape index (κ2) is 10.8. The molecule has 0 atom stereocenters. The van der Waals surface area contributed by atoms with Crippen molar-refractivity contribution in [1.82, 2.24) is 10.6 Å². The Morgan fingerprint density at radius 3 is 2.43 bits per heavy atom. The van der Waals surface area contributed by atoms with Gasteiger partial charge in [0.2, 0.25) is 0 Å². The van der Waals surface area contributed by atoms with E-state index in [-0.39, 0.29) is 0 Å². The van der Waals surface area contributed by atoms with Crippen LogP contribution in [0.5, 0.6) is 11.5 Å². The number of hydrogen-bond acceptors (Lipinski definition) is 3. The first-order chi connectivity index (χ1) is 10.3. The van der Waals surface area contributed by atoms with E-state index in [1.165, 1.54) is 0 Å². The van der Waals surface area contributed by atoms with Crippen LogP contribution < -0.4 is 20.1 Å². The molecule has 0 amide bonds. The standard InChI is InChI=1S/C16H27N3O2/c1-4-11-18-16(17-5-2)19-12-6-13-21-15-9-7-14(20-3)8-10-15/h7-10H,4-6,11-13H2,1-3H3,(H2,17,18,19). The van der Waals surface area contributed by atoms with Gasteiger partial charge in [0, 0.05) is 19.6 Å². The molecule has 0 unspecified atom stereocenters. The fourth-order valence-electron chi connectivity index (χ4n) is 1.71. The highest BCUT2D eigenvalue weighted by molar-refractivity contribution is 5.79. The smallest absolute Gasteiger partial charge is 0.191 e. The molecule has 0 aliphatic heterocycles. The molecule has 0 saturated heterocycles. The molecule has 5 heteroatoms. The molecule has 0 spiro atoms. The van der Waals surface area contributed by atoms with Gasteiger partial charge in [0.05, 0.1) is 13.7 Å². The Hall–Kier alpha value is -1.91. The number of nitrogens with zero attached hydrogens (tertiary/aromatic N) is 1. The SMILES string of the molecule is CCCN=C(NCC)NCCCOc1ccc(OC)cc1. The second-order valence-corrected chi connectivity index (χ2v) is 4.56. The Balaban J connectivity index is 2.20. The number of benzene rings is 1. The first-order valence-corrected chi connectivity index (χ1v) is 7.59. The van der Waals surface area contributed by atoms with Crippen molar-refractivity contribution in [2.75, 3.05) is 33.4 Å². The molecule has 1 aromatic rings. The van der Waals surface area contributed by atoms with Crippen LogP contribution in [0.15, 0.2) is 29.3 Å². The van der Waals surface area contributed by atoms with Crippen LogP contribution in [-0.4, -0.2) is 39.3 Å².